The van der Waals surface area contributed by atoms with E-state index in [2.05, 4.69) is 4.72 Å². The molecule has 2 N–H and O–H groups in total. The molecule has 7 heteroatoms. The van der Waals surface area contributed by atoms with Gasteiger partial charge >= 0.3 is 0 Å². The van der Waals surface area contributed by atoms with Crippen LogP contribution in [0.3, 0.4) is 0 Å². The Labute approximate surface area is 120 Å². The molecule has 2 rings (SSSR count). The third kappa shape index (κ3) is 3.27. The maximum Gasteiger partial charge on any atom is 0.271 e. The monoisotopic (exact) mass is 317 g/mol. The molecule has 1 heterocycles. The first-order valence-corrected chi connectivity index (χ1v) is 8.14. The summed E-state index contributed by atoms with van der Waals surface area (Å²) in [5.41, 5.74) is 1.82. The summed E-state index contributed by atoms with van der Waals surface area (Å²) < 4.78 is 26.9. The van der Waals surface area contributed by atoms with E-state index in [4.69, 9.17) is 16.7 Å². The number of thiophene rings is 1. The number of rotatable bonds is 4. The summed E-state index contributed by atoms with van der Waals surface area (Å²) in [5.74, 6) is 0. The number of nitrogens with one attached hydrogen (secondary N) is 1. The van der Waals surface area contributed by atoms with Crippen LogP contribution in [0.15, 0.2) is 33.9 Å². The highest BCUT2D eigenvalue weighted by Gasteiger charge is 2.18. The van der Waals surface area contributed by atoms with Crippen molar-refractivity contribution in [3.63, 3.8) is 0 Å². The Hall–Kier alpha value is -1.08. The van der Waals surface area contributed by atoms with Crippen molar-refractivity contribution < 1.29 is 13.5 Å². The van der Waals surface area contributed by atoms with Gasteiger partial charge in [-0.1, -0.05) is 17.7 Å². The van der Waals surface area contributed by atoms with Crippen molar-refractivity contribution in [2.45, 2.75) is 17.7 Å². The molecular weight excluding hydrogens is 306 g/mol. The Kier molecular flexibility index (Phi) is 4.15. The predicted molar refractivity (Wildman–Crippen MR) is 77.2 cm³/mol. The summed E-state index contributed by atoms with van der Waals surface area (Å²) in [7, 11) is -3.67. The highest BCUT2D eigenvalue weighted by molar-refractivity contribution is 7.94. The normalized spacial score (nSPS) is 11.5. The largest absolute Gasteiger partial charge is 0.392 e. The summed E-state index contributed by atoms with van der Waals surface area (Å²) in [6.45, 7) is 1.67. The average molecular weight is 318 g/mol. The molecule has 0 spiro atoms. The molecule has 0 saturated heterocycles. The van der Waals surface area contributed by atoms with Gasteiger partial charge in [-0.25, -0.2) is 8.42 Å². The van der Waals surface area contributed by atoms with E-state index in [-0.39, 0.29) is 10.8 Å². The van der Waals surface area contributed by atoms with Gasteiger partial charge in [-0.3, -0.25) is 4.72 Å². The second-order valence-corrected chi connectivity index (χ2v) is 7.25. The van der Waals surface area contributed by atoms with E-state index in [1.54, 1.807) is 23.6 Å². The Morgan fingerprint density at radius 3 is 2.74 bits per heavy atom. The Balaban J connectivity index is 2.33. The van der Waals surface area contributed by atoms with Crippen LogP contribution in [-0.4, -0.2) is 13.5 Å². The van der Waals surface area contributed by atoms with Crippen LogP contribution in [0.25, 0.3) is 0 Å². The minimum absolute atomic E-state index is 0.147. The van der Waals surface area contributed by atoms with Crippen molar-refractivity contribution in [2.24, 2.45) is 0 Å². The number of anilines is 1. The molecule has 2 aromatic rings. The lowest BCUT2D eigenvalue weighted by Crippen LogP contribution is -2.12. The summed E-state index contributed by atoms with van der Waals surface area (Å²) in [5, 5.41) is 10.9. The lowest BCUT2D eigenvalue weighted by Gasteiger charge is -2.08. The zero-order valence-electron chi connectivity index (χ0n) is 10.1. The van der Waals surface area contributed by atoms with Crippen molar-refractivity contribution in [1.82, 2.24) is 0 Å². The fourth-order valence-corrected chi connectivity index (χ4v) is 3.98. The molecule has 4 nitrogen and oxygen atoms in total. The molecule has 0 aliphatic rings. The van der Waals surface area contributed by atoms with Gasteiger partial charge in [0.25, 0.3) is 10.0 Å². The van der Waals surface area contributed by atoms with Gasteiger partial charge in [0.15, 0.2) is 0 Å². The fourth-order valence-electron chi connectivity index (χ4n) is 1.49. The molecule has 0 unspecified atom stereocenters. The molecule has 19 heavy (non-hydrogen) atoms. The molecule has 0 bridgehead atoms. The quantitative estimate of drug-likeness (QED) is 0.911. The molecule has 1 aromatic carbocycles. The smallest absolute Gasteiger partial charge is 0.271 e. The van der Waals surface area contributed by atoms with Gasteiger partial charge in [0, 0.05) is 0 Å². The van der Waals surface area contributed by atoms with Crippen LogP contribution >= 0.6 is 22.9 Å². The van der Waals surface area contributed by atoms with Gasteiger partial charge in [0.1, 0.15) is 4.21 Å². The van der Waals surface area contributed by atoms with Gasteiger partial charge in [0.2, 0.25) is 0 Å². The van der Waals surface area contributed by atoms with E-state index in [1.165, 1.54) is 6.07 Å². The third-order valence-electron chi connectivity index (χ3n) is 2.44. The molecular formula is C12H12ClNO3S2. The molecule has 0 amide bonds. The van der Waals surface area contributed by atoms with Gasteiger partial charge in [-0.05, 0) is 41.6 Å². The van der Waals surface area contributed by atoms with Gasteiger partial charge in [-0.2, -0.15) is 0 Å². The van der Waals surface area contributed by atoms with Crippen molar-refractivity contribution in [2.75, 3.05) is 4.72 Å². The van der Waals surface area contributed by atoms with Gasteiger partial charge in [0.05, 0.1) is 17.3 Å². The Morgan fingerprint density at radius 2 is 2.11 bits per heavy atom. The van der Waals surface area contributed by atoms with E-state index < -0.39 is 10.0 Å². The van der Waals surface area contributed by atoms with E-state index in [0.717, 1.165) is 16.9 Å². The van der Waals surface area contributed by atoms with Crippen molar-refractivity contribution >= 4 is 38.6 Å². The first-order chi connectivity index (χ1) is 8.92. The molecule has 0 saturated carbocycles. The third-order valence-corrected chi connectivity index (χ3v) is 5.63. The first kappa shape index (κ1) is 14.3. The molecule has 0 radical (unpaired) electrons. The minimum Gasteiger partial charge on any atom is -0.392 e. The van der Waals surface area contributed by atoms with Crippen molar-refractivity contribution in [3.8, 4) is 0 Å². The van der Waals surface area contributed by atoms with Crippen molar-refractivity contribution in [1.29, 1.82) is 0 Å². The standard InChI is InChI=1S/C12H12ClNO3S2/c1-8-2-3-10(13)11(4-8)14-19(16,17)12-5-9(6-15)7-18-12/h2-5,7,14-15H,6H2,1H3. The van der Waals surface area contributed by atoms with Crippen LogP contribution in [0.1, 0.15) is 11.1 Å². The number of aliphatic hydroxyl groups is 1. The number of aryl methyl sites for hydroxylation is 1. The summed E-state index contributed by atoms with van der Waals surface area (Å²) in [6, 6.07) is 6.55. The number of halogens is 1. The highest BCUT2D eigenvalue weighted by atomic mass is 35.5. The first-order valence-electron chi connectivity index (χ1n) is 5.39. The molecule has 1 aromatic heterocycles. The zero-order chi connectivity index (χ0) is 14.0. The fraction of sp³-hybridized carbons (Fsp3) is 0.167. The van der Waals surface area contributed by atoms with Crippen LogP contribution in [0, 0.1) is 6.92 Å². The van der Waals surface area contributed by atoms with Crippen LogP contribution in [0.4, 0.5) is 5.69 Å². The average Bonchev–Trinajstić information content (AvgIpc) is 2.83. The second-order valence-electron chi connectivity index (χ2n) is 4.02. The SMILES string of the molecule is Cc1ccc(Cl)c(NS(=O)(=O)c2cc(CO)cs2)c1. The summed E-state index contributed by atoms with van der Waals surface area (Å²) in [4.78, 5) is 0. The van der Waals surface area contributed by atoms with E-state index in [1.807, 2.05) is 6.92 Å². The zero-order valence-corrected chi connectivity index (χ0v) is 12.4. The number of aliphatic hydroxyl groups excluding tert-OH is 1. The summed E-state index contributed by atoms with van der Waals surface area (Å²) >= 11 is 7.02. The second kappa shape index (κ2) is 5.50. The molecule has 0 atom stereocenters. The van der Waals surface area contributed by atoms with E-state index in [0.29, 0.717) is 16.3 Å². The lowest BCUT2D eigenvalue weighted by molar-refractivity contribution is 0.282. The Morgan fingerprint density at radius 1 is 1.37 bits per heavy atom. The lowest BCUT2D eigenvalue weighted by atomic mass is 10.2. The molecule has 102 valence electrons. The summed E-state index contributed by atoms with van der Waals surface area (Å²) in [6.07, 6.45) is 0. The van der Waals surface area contributed by atoms with Crippen LogP contribution in [-0.2, 0) is 16.6 Å². The van der Waals surface area contributed by atoms with Gasteiger partial charge in [-0.15, -0.1) is 11.3 Å². The minimum atomic E-state index is -3.67. The van der Waals surface area contributed by atoms with Crippen molar-refractivity contribution in [3.05, 3.63) is 45.8 Å². The predicted octanol–water partition coefficient (Wildman–Crippen LogP) is 3.00. The highest BCUT2D eigenvalue weighted by Crippen LogP contribution is 2.28. The van der Waals surface area contributed by atoms with Crippen LogP contribution in [0.2, 0.25) is 5.02 Å². The Bertz CT molecular complexity index is 695. The van der Waals surface area contributed by atoms with E-state index in [9.17, 15) is 8.42 Å². The number of hydrogen-bond donors (Lipinski definition) is 2. The topological polar surface area (TPSA) is 66.4 Å². The van der Waals surface area contributed by atoms with Gasteiger partial charge < -0.3 is 5.11 Å². The maximum atomic E-state index is 12.2. The maximum absolute atomic E-state index is 12.2. The van der Waals surface area contributed by atoms with Crippen LogP contribution < -0.4 is 4.72 Å². The number of hydrogen-bond acceptors (Lipinski definition) is 4. The van der Waals surface area contributed by atoms with E-state index >= 15 is 0 Å². The van der Waals surface area contributed by atoms with Crippen LogP contribution in [0.5, 0.6) is 0 Å². The number of benzene rings is 1. The number of sulfonamides is 1. The molecule has 0 fully saturated rings. The molecule has 0 aliphatic heterocycles. The molecule has 0 aliphatic carbocycles.